The molecule has 0 fully saturated rings. The zero-order valence-corrected chi connectivity index (χ0v) is 11.6. The average molecular weight is 261 g/mol. The van der Waals surface area contributed by atoms with Gasteiger partial charge in [0.25, 0.3) is 0 Å². The Morgan fingerprint density at radius 2 is 2.00 bits per heavy atom. The second-order valence-electron chi connectivity index (χ2n) is 5.34. The zero-order chi connectivity index (χ0) is 13.9. The lowest BCUT2D eigenvalue weighted by Gasteiger charge is -2.28. The molecular formula is C15H19NO3. The summed E-state index contributed by atoms with van der Waals surface area (Å²) in [6.07, 6.45) is 3.43. The van der Waals surface area contributed by atoms with Crippen molar-refractivity contribution in [3.8, 4) is 5.75 Å². The lowest BCUT2D eigenvalue weighted by atomic mass is 10.2. The molecule has 19 heavy (non-hydrogen) atoms. The normalized spacial score (nSPS) is 16.7. The average Bonchev–Trinajstić information content (AvgIpc) is 2.27. The Labute approximate surface area is 113 Å². The Hall–Kier alpha value is -1.97. The second-order valence-corrected chi connectivity index (χ2v) is 5.34. The van der Waals surface area contributed by atoms with Gasteiger partial charge in [-0.25, -0.2) is 4.79 Å². The zero-order valence-electron chi connectivity index (χ0n) is 11.6. The highest BCUT2D eigenvalue weighted by Gasteiger charge is 2.25. The number of carbonyl (C=O) groups is 1. The Morgan fingerprint density at radius 3 is 2.74 bits per heavy atom. The van der Waals surface area contributed by atoms with Crippen molar-refractivity contribution in [3.63, 3.8) is 0 Å². The number of amides is 1. The first-order valence-electron chi connectivity index (χ1n) is 6.35. The van der Waals surface area contributed by atoms with Gasteiger partial charge in [0.15, 0.2) is 0 Å². The lowest BCUT2D eigenvalue weighted by molar-refractivity contribution is 0.0583. The van der Waals surface area contributed by atoms with E-state index in [1.165, 1.54) is 0 Å². The standard InChI is InChI=1S/C15H19NO3/c1-15(2,3)19-14(17)16-10-6-7-11-18-13-9-5-4-8-12(13)16/h4-9H,10-11H2,1-3H3/b7-6-. The van der Waals surface area contributed by atoms with Crippen molar-refractivity contribution in [2.24, 2.45) is 0 Å². The summed E-state index contributed by atoms with van der Waals surface area (Å²) in [5, 5.41) is 0. The van der Waals surface area contributed by atoms with E-state index in [9.17, 15) is 4.79 Å². The van der Waals surface area contributed by atoms with E-state index in [0.29, 0.717) is 18.9 Å². The van der Waals surface area contributed by atoms with Gasteiger partial charge in [-0.05, 0) is 39.0 Å². The van der Waals surface area contributed by atoms with Gasteiger partial charge in [-0.1, -0.05) is 18.2 Å². The molecule has 0 radical (unpaired) electrons. The minimum atomic E-state index is -0.515. The van der Waals surface area contributed by atoms with Crippen LogP contribution in [0.1, 0.15) is 20.8 Å². The first-order valence-corrected chi connectivity index (χ1v) is 6.35. The molecule has 1 aromatic carbocycles. The van der Waals surface area contributed by atoms with E-state index in [2.05, 4.69) is 0 Å². The van der Waals surface area contributed by atoms with E-state index in [1.807, 2.05) is 57.2 Å². The van der Waals surface area contributed by atoms with Gasteiger partial charge >= 0.3 is 6.09 Å². The number of hydrogen-bond donors (Lipinski definition) is 0. The monoisotopic (exact) mass is 261 g/mol. The van der Waals surface area contributed by atoms with Gasteiger partial charge < -0.3 is 9.47 Å². The summed E-state index contributed by atoms with van der Waals surface area (Å²) in [6, 6.07) is 7.48. The predicted molar refractivity (Wildman–Crippen MR) is 74.7 cm³/mol. The highest BCUT2D eigenvalue weighted by atomic mass is 16.6. The maximum atomic E-state index is 12.3. The van der Waals surface area contributed by atoms with Crippen LogP contribution in [0.25, 0.3) is 0 Å². The van der Waals surface area contributed by atoms with E-state index < -0.39 is 5.60 Å². The number of para-hydroxylation sites is 2. The van der Waals surface area contributed by atoms with E-state index in [4.69, 9.17) is 9.47 Å². The summed E-state index contributed by atoms with van der Waals surface area (Å²) < 4.78 is 11.0. The molecule has 1 aromatic rings. The maximum Gasteiger partial charge on any atom is 0.415 e. The third-order valence-corrected chi connectivity index (χ3v) is 2.56. The molecule has 0 saturated heterocycles. The molecule has 0 spiro atoms. The van der Waals surface area contributed by atoms with Crippen molar-refractivity contribution >= 4 is 11.8 Å². The SMILES string of the molecule is CC(C)(C)OC(=O)N1C/C=C\COc2ccccc21. The number of nitrogens with zero attached hydrogens (tertiary/aromatic N) is 1. The predicted octanol–water partition coefficient (Wildman–Crippen LogP) is 3.38. The van der Waals surface area contributed by atoms with Crippen molar-refractivity contribution in [1.82, 2.24) is 0 Å². The smallest absolute Gasteiger partial charge is 0.415 e. The van der Waals surface area contributed by atoms with Gasteiger partial charge in [-0.2, -0.15) is 0 Å². The van der Waals surface area contributed by atoms with Crippen molar-refractivity contribution in [3.05, 3.63) is 36.4 Å². The third-order valence-electron chi connectivity index (χ3n) is 2.56. The minimum absolute atomic E-state index is 0.366. The molecular weight excluding hydrogens is 242 g/mol. The van der Waals surface area contributed by atoms with Crippen LogP contribution in [0, 0.1) is 0 Å². The number of ether oxygens (including phenoxy) is 2. The molecule has 0 unspecified atom stereocenters. The summed E-state index contributed by atoms with van der Waals surface area (Å²) >= 11 is 0. The number of hydrogen-bond acceptors (Lipinski definition) is 3. The number of carbonyl (C=O) groups excluding carboxylic acids is 1. The van der Waals surface area contributed by atoms with Gasteiger partial charge in [0, 0.05) is 6.54 Å². The molecule has 1 heterocycles. The van der Waals surface area contributed by atoms with Crippen molar-refractivity contribution in [2.75, 3.05) is 18.1 Å². The highest BCUT2D eigenvalue weighted by Crippen LogP contribution is 2.30. The summed E-state index contributed by atoms with van der Waals surface area (Å²) in [7, 11) is 0. The molecule has 1 aliphatic rings. The first-order chi connectivity index (χ1) is 8.97. The molecule has 0 aromatic heterocycles. The Balaban J connectivity index is 2.29. The fraction of sp³-hybridized carbons (Fsp3) is 0.400. The van der Waals surface area contributed by atoms with Gasteiger partial charge in [0.05, 0.1) is 5.69 Å². The summed E-state index contributed by atoms with van der Waals surface area (Å²) in [4.78, 5) is 13.8. The number of anilines is 1. The quantitative estimate of drug-likeness (QED) is 0.672. The molecule has 4 heteroatoms. The largest absolute Gasteiger partial charge is 0.487 e. The van der Waals surface area contributed by atoms with Crippen LogP contribution in [0.5, 0.6) is 5.75 Å². The Bertz CT molecular complexity index is 488. The van der Waals surface area contributed by atoms with Gasteiger partial charge in [-0.15, -0.1) is 0 Å². The second kappa shape index (κ2) is 5.34. The fourth-order valence-corrected chi connectivity index (χ4v) is 1.78. The molecule has 1 amide bonds. The topological polar surface area (TPSA) is 38.8 Å². The molecule has 0 atom stereocenters. The van der Waals surface area contributed by atoms with Crippen LogP contribution in [0.15, 0.2) is 36.4 Å². The molecule has 4 nitrogen and oxygen atoms in total. The number of benzene rings is 1. The summed E-state index contributed by atoms with van der Waals surface area (Å²) in [5.41, 5.74) is 0.222. The van der Waals surface area contributed by atoms with Crippen molar-refractivity contribution in [1.29, 1.82) is 0 Å². The molecule has 2 rings (SSSR count). The van der Waals surface area contributed by atoms with Crippen LogP contribution in [0.2, 0.25) is 0 Å². The van der Waals surface area contributed by atoms with Crippen molar-refractivity contribution in [2.45, 2.75) is 26.4 Å². The number of rotatable bonds is 0. The fourth-order valence-electron chi connectivity index (χ4n) is 1.78. The van der Waals surface area contributed by atoms with Gasteiger partial charge in [-0.3, -0.25) is 4.90 Å². The van der Waals surface area contributed by atoms with E-state index in [-0.39, 0.29) is 6.09 Å². The maximum absolute atomic E-state index is 12.3. The van der Waals surface area contributed by atoms with Gasteiger partial charge in [0.1, 0.15) is 18.0 Å². The van der Waals surface area contributed by atoms with Crippen molar-refractivity contribution < 1.29 is 14.3 Å². The molecule has 0 aliphatic carbocycles. The van der Waals surface area contributed by atoms with Crippen LogP contribution >= 0.6 is 0 Å². The molecule has 1 aliphatic heterocycles. The van der Waals surface area contributed by atoms with Crippen LogP contribution in [-0.2, 0) is 4.74 Å². The molecule has 0 bridgehead atoms. The van der Waals surface area contributed by atoms with Crippen LogP contribution in [0.4, 0.5) is 10.5 Å². The minimum Gasteiger partial charge on any atom is -0.487 e. The highest BCUT2D eigenvalue weighted by molar-refractivity contribution is 5.90. The lowest BCUT2D eigenvalue weighted by Crippen LogP contribution is -2.37. The molecule has 0 N–H and O–H groups in total. The van der Waals surface area contributed by atoms with E-state index in [1.54, 1.807) is 4.90 Å². The van der Waals surface area contributed by atoms with Crippen LogP contribution < -0.4 is 9.64 Å². The van der Waals surface area contributed by atoms with E-state index >= 15 is 0 Å². The van der Waals surface area contributed by atoms with E-state index in [0.717, 1.165) is 5.69 Å². The first kappa shape index (κ1) is 13.5. The summed E-state index contributed by atoms with van der Waals surface area (Å²) in [5.74, 6) is 0.692. The number of fused-ring (bicyclic) bond motifs is 1. The summed E-state index contributed by atoms with van der Waals surface area (Å²) in [6.45, 7) is 6.56. The third kappa shape index (κ3) is 3.50. The Morgan fingerprint density at radius 1 is 1.26 bits per heavy atom. The van der Waals surface area contributed by atoms with Crippen LogP contribution in [-0.4, -0.2) is 24.8 Å². The Kier molecular flexibility index (Phi) is 3.79. The van der Waals surface area contributed by atoms with Gasteiger partial charge in [0.2, 0.25) is 0 Å². The van der Waals surface area contributed by atoms with Crippen LogP contribution in [0.3, 0.4) is 0 Å². The molecule has 0 saturated carbocycles. The molecule has 102 valence electrons.